The van der Waals surface area contributed by atoms with Crippen LogP contribution < -0.4 is 5.43 Å². The van der Waals surface area contributed by atoms with Crippen molar-refractivity contribution < 1.29 is 0 Å². The van der Waals surface area contributed by atoms with E-state index in [1.54, 1.807) is 6.20 Å². The molecule has 2 aromatic rings. The minimum Gasteiger partial charge on any atom is -0.277 e. The standard InChI is InChI=1S/C13H14ClN5S/c1-3-10(12-8-15-19-13(16-12)20-2)17-18-11-7-5-4-6-9(11)14/h4-8,18H,3H2,1-2H3/b17-10-. The normalized spacial score (nSPS) is 11.4. The van der Waals surface area contributed by atoms with Crippen molar-refractivity contribution in [2.24, 2.45) is 5.10 Å². The maximum atomic E-state index is 6.07. The van der Waals surface area contributed by atoms with Gasteiger partial charge in [0, 0.05) is 0 Å². The van der Waals surface area contributed by atoms with E-state index in [0.717, 1.165) is 17.8 Å². The average molecular weight is 308 g/mol. The van der Waals surface area contributed by atoms with E-state index in [-0.39, 0.29) is 0 Å². The van der Waals surface area contributed by atoms with E-state index in [2.05, 4.69) is 25.7 Å². The van der Waals surface area contributed by atoms with Gasteiger partial charge in [0.2, 0.25) is 5.16 Å². The number of halogens is 1. The van der Waals surface area contributed by atoms with Crippen LogP contribution in [-0.4, -0.2) is 27.1 Å². The minimum atomic E-state index is 0.623. The Kier molecular flexibility index (Phi) is 5.31. The Morgan fingerprint density at radius 1 is 1.40 bits per heavy atom. The molecule has 0 aliphatic heterocycles. The van der Waals surface area contributed by atoms with Crippen LogP contribution in [0.5, 0.6) is 0 Å². The van der Waals surface area contributed by atoms with Crippen LogP contribution in [0.3, 0.4) is 0 Å². The second-order valence-electron chi connectivity index (χ2n) is 3.83. The van der Waals surface area contributed by atoms with Crippen LogP contribution in [0.2, 0.25) is 5.02 Å². The summed E-state index contributed by atoms with van der Waals surface area (Å²) in [4.78, 5) is 4.38. The van der Waals surface area contributed by atoms with Gasteiger partial charge in [-0.25, -0.2) is 4.98 Å². The number of thioether (sulfide) groups is 1. The maximum Gasteiger partial charge on any atom is 0.209 e. The van der Waals surface area contributed by atoms with Gasteiger partial charge in [-0.1, -0.05) is 42.4 Å². The first-order valence-corrected chi connectivity index (χ1v) is 7.66. The molecule has 0 aliphatic carbocycles. The predicted molar refractivity (Wildman–Crippen MR) is 83.5 cm³/mol. The van der Waals surface area contributed by atoms with Crippen molar-refractivity contribution in [3.05, 3.63) is 41.2 Å². The zero-order valence-electron chi connectivity index (χ0n) is 11.2. The van der Waals surface area contributed by atoms with Crippen molar-refractivity contribution in [1.82, 2.24) is 15.2 Å². The number of anilines is 1. The molecule has 0 fully saturated rings. The van der Waals surface area contributed by atoms with E-state index in [1.165, 1.54) is 11.8 Å². The van der Waals surface area contributed by atoms with Gasteiger partial charge in [-0.2, -0.15) is 10.2 Å². The lowest BCUT2D eigenvalue weighted by Crippen LogP contribution is -2.08. The van der Waals surface area contributed by atoms with Gasteiger partial charge in [-0.05, 0) is 24.8 Å². The Morgan fingerprint density at radius 2 is 2.20 bits per heavy atom. The summed E-state index contributed by atoms with van der Waals surface area (Å²) in [6.07, 6.45) is 4.24. The third-order valence-corrected chi connectivity index (χ3v) is 3.41. The highest BCUT2D eigenvalue weighted by Gasteiger charge is 2.06. The summed E-state index contributed by atoms with van der Waals surface area (Å²) in [7, 11) is 0. The lowest BCUT2D eigenvalue weighted by molar-refractivity contribution is 0.831. The fourth-order valence-corrected chi connectivity index (χ4v) is 2.01. The highest BCUT2D eigenvalue weighted by atomic mass is 35.5. The number of hydrogen-bond acceptors (Lipinski definition) is 6. The number of hydrogen-bond donors (Lipinski definition) is 1. The molecule has 104 valence electrons. The summed E-state index contributed by atoms with van der Waals surface area (Å²) in [5, 5.41) is 13.5. The smallest absolute Gasteiger partial charge is 0.209 e. The SMILES string of the molecule is CC/C(=N/Nc1ccccc1Cl)c1cnnc(SC)n1. The third kappa shape index (κ3) is 3.68. The van der Waals surface area contributed by atoms with Gasteiger partial charge < -0.3 is 0 Å². The van der Waals surface area contributed by atoms with Gasteiger partial charge in [0.15, 0.2) is 0 Å². The average Bonchev–Trinajstić information content (AvgIpc) is 2.50. The van der Waals surface area contributed by atoms with Crippen LogP contribution in [-0.2, 0) is 0 Å². The van der Waals surface area contributed by atoms with Gasteiger partial charge >= 0.3 is 0 Å². The molecule has 0 spiro atoms. The first-order valence-electron chi connectivity index (χ1n) is 6.05. The number of benzene rings is 1. The van der Waals surface area contributed by atoms with E-state index in [1.807, 2.05) is 37.4 Å². The number of para-hydroxylation sites is 1. The van der Waals surface area contributed by atoms with Crippen molar-refractivity contribution in [2.45, 2.75) is 18.5 Å². The van der Waals surface area contributed by atoms with E-state index in [9.17, 15) is 0 Å². The molecule has 7 heteroatoms. The number of hydrazone groups is 1. The molecule has 5 nitrogen and oxygen atoms in total. The van der Waals surface area contributed by atoms with Crippen molar-refractivity contribution in [1.29, 1.82) is 0 Å². The molecule has 1 aromatic heterocycles. The number of rotatable bonds is 5. The van der Waals surface area contributed by atoms with E-state index in [0.29, 0.717) is 15.9 Å². The predicted octanol–water partition coefficient (Wildman–Crippen LogP) is 3.47. The van der Waals surface area contributed by atoms with Crippen LogP contribution in [0.25, 0.3) is 0 Å². The summed E-state index contributed by atoms with van der Waals surface area (Å²) in [6.45, 7) is 2.01. The lowest BCUT2D eigenvalue weighted by atomic mass is 10.2. The van der Waals surface area contributed by atoms with Crippen LogP contribution in [0.4, 0.5) is 5.69 Å². The lowest BCUT2D eigenvalue weighted by Gasteiger charge is -2.06. The molecule has 1 heterocycles. The molecule has 0 saturated heterocycles. The van der Waals surface area contributed by atoms with Gasteiger partial charge in [-0.3, -0.25) is 5.43 Å². The number of nitrogens with zero attached hydrogens (tertiary/aromatic N) is 4. The molecule has 20 heavy (non-hydrogen) atoms. The van der Waals surface area contributed by atoms with Gasteiger partial charge in [0.05, 0.1) is 22.6 Å². The molecule has 0 amide bonds. The second kappa shape index (κ2) is 7.21. The van der Waals surface area contributed by atoms with Crippen LogP contribution in [0, 0.1) is 0 Å². The molecule has 0 radical (unpaired) electrons. The second-order valence-corrected chi connectivity index (χ2v) is 5.01. The van der Waals surface area contributed by atoms with Gasteiger partial charge in [0.25, 0.3) is 0 Å². The molecule has 0 aliphatic rings. The van der Waals surface area contributed by atoms with E-state index >= 15 is 0 Å². The van der Waals surface area contributed by atoms with Crippen molar-refractivity contribution >= 4 is 34.8 Å². The molecule has 0 saturated carbocycles. The zero-order valence-corrected chi connectivity index (χ0v) is 12.7. The fourth-order valence-electron chi connectivity index (χ4n) is 1.51. The summed E-state index contributed by atoms with van der Waals surface area (Å²) in [5.41, 5.74) is 5.23. The zero-order chi connectivity index (χ0) is 14.4. The van der Waals surface area contributed by atoms with Gasteiger partial charge in [-0.15, -0.1) is 5.10 Å². The maximum absolute atomic E-state index is 6.07. The van der Waals surface area contributed by atoms with Gasteiger partial charge in [0.1, 0.15) is 5.69 Å². The van der Waals surface area contributed by atoms with E-state index < -0.39 is 0 Å². The van der Waals surface area contributed by atoms with Crippen LogP contribution >= 0.6 is 23.4 Å². The number of nitrogens with one attached hydrogen (secondary N) is 1. The summed E-state index contributed by atoms with van der Waals surface area (Å²) in [6, 6.07) is 7.44. The topological polar surface area (TPSA) is 63.1 Å². The Morgan fingerprint density at radius 3 is 2.90 bits per heavy atom. The largest absolute Gasteiger partial charge is 0.277 e. The fraction of sp³-hybridized carbons (Fsp3) is 0.231. The molecule has 2 rings (SSSR count). The number of aromatic nitrogens is 3. The molecular weight excluding hydrogens is 294 g/mol. The highest BCUT2D eigenvalue weighted by molar-refractivity contribution is 7.98. The Labute approximate surface area is 126 Å². The third-order valence-electron chi connectivity index (χ3n) is 2.54. The first-order chi connectivity index (χ1) is 9.74. The van der Waals surface area contributed by atoms with Crippen LogP contribution in [0.1, 0.15) is 19.0 Å². The Bertz CT molecular complexity index is 617. The molecule has 1 aromatic carbocycles. The quantitative estimate of drug-likeness (QED) is 0.520. The molecule has 0 unspecified atom stereocenters. The van der Waals surface area contributed by atoms with Crippen molar-refractivity contribution in [2.75, 3.05) is 11.7 Å². The van der Waals surface area contributed by atoms with Crippen molar-refractivity contribution in [3.63, 3.8) is 0 Å². The first kappa shape index (κ1) is 14.7. The minimum absolute atomic E-state index is 0.623. The highest BCUT2D eigenvalue weighted by Crippen LogP contribution is 2.20. The van der Waals surface area contributed by atoms with Crippen LogP contribution in [0.15, 0.2) is 40.7 Å². The monoisotopic (exact) mass is 307 g/mol. The Balaban J connectivity index is 2.23. The summed E-state index contributed by atoms with van der Waals surface area (Å²) >= 11 is 7.52. The summed E-state index contributed by atoms with van der Waals surface area (Å²) < 4.78 is 0. The summed E-state index contributed by atoms with van der Waals surface area (Å²) in [5.74, 6) is 0. The molecule has 0 atom stereocenters. The molecule has 1 N–H and O–H groups in total. The van der Waals surface area contributed by atoms with Crippen molar-refractivity contribution in [3.8, 4) is 0 Å². The molecular formula is C13H14ClN5S. The molecule has 0 bridgehead atoms. The van der Waals surface area contributed by atoms with E-state index in [4.69, 9.17) is 11.6 Å². The Hall–Kier alpha value is -1.66.